The van der Waals surface area contributed by atoms with Crippen LogP contribution in [0.25, 0.3) is 16.8 Å². The third kappa shape index (κ3) is 5.67. The fraction of sp³-hybridized carbons (Fsp3) is 0.462. The van der Waals surface area contributed by atoms with Crippen LogP contribution < -0.4 is 10.1 Å². The quantitative estimate of drug-likeness (QED) is 0.564. The third-order valence-corrected chi connectivity index (χ3v) is 8.06. The number of piperidine rings is 1. The van der Waals surface area contributed by atoms with Crippen molar-refractivity contribution in [2.75, 3.05) is 38.8 Å². The predicted molar refractivity (Wildman–Crippen MR) is 137 cm³/mol. The topological polar surface area (TPSA) is 75.9 Å². The Labute approximate surface area is 204 Å². The number of aromatic nitrogens is 2. The third-order valence-electron chi connectivity index (χ3n) is 6.68. The second-order valence-electron chi connectivity index (χ2n) is 8.86. The summed E-state index contributed by atoms with van der Waals surface area (Å²) in [7, 11) is 3.14. The van der Waals surface area contributed by atoms with E-state index in [0.717, 1.165) is 85.0 Å². The van der Waals surface area contributed by atoms with Crippen molar-refractivity contribution in [1.29, 1.82) is 0 Å². The fourth-order valence-electron chi connectivity index (χ4n) is 4.73. The molecule has 2 aliphatic heterocycles. The van der Waals surface area contributed by atoms with Crippen molar-refractivity contribution in [1.82, 2.24) is 19.6 Å². The molecule has 1 N–H and O–H groups in total. The van der Waals surface area contributed by atoms with E-state index < -0.39 is 10.8 Å². The lowest BCUT2D eigenvalue weighted by Gasteiger charge is -2.29. The van der Waals surface area contributed by atoms with Crippen LogP contribution in [0.2, 0.25) is 0 Å². The van der Waals surface area contributed by atoms with Gasteiger partial charge in [-0.05, 0) is 57.0 Å². The van der Waals surface area contributed by atoms with Crippen molar-refractivity contribution in [2.24, 2.45) is 0 Å². The van der Waals surface area contributed by atoms with E-state index in [1.54, 1.807) is 7.11 Å². The van der Waals surface area contributed by atoms with Crippen LogP contribution in [0.1, 0.15) is 37.4 Å². The van der Waals surface area contributed by atoms with E-state index in [9.17, 15) is 9.00 Å². The number of hydrogen-bond donors (Lipinski definition) is 1. The van der Waals surface area contributed by atoms with E-state index in [2.05, 4.69) is 28.0 Å². The van der Waals surface area contributed by atoms with Crippen molar-refractivity contribution < 1.29 is 13.7 Å². The number of carbonyl (C=O) groups excluding carboxylic acids is 1. The van der Waals surface area contributed by atoms with Gasteiger partial charge in [0.1, 0.15) is 11.6 Å². The molecular formula is C26H34N4O3S. The summed E-state index contributed by atoms with van der Waals surface area (Å²) in [6.07, 6.45) is 7.24. The number of likely N-dealkylation sites (tertiary alicyclic amines) is 1. The minimum atomic E-state index is -0.503. The molecule has 1 amide bonds. The van der Waals surface area contributed by atoms with Gasteiger partial charge in [0.2, 0.25) is 6.41 Å². The van der Waals surface area contributed by atoms with Crippen LogP contribution in [0.15, 0.2) is 48.7 Å². The van der Waals surface area contributed by atoms with Crippen LogP contribution in [0.5, 0.6) is 5.75 Å². The monoisotopic (exact) mass is 482 g/mol. The molecule has 182 valence electrons. The summed E-state index contributed by atoms with van der Waals surface area (Å²) in [6, 6.07) is 14.8. The molecule has 0 aliphatic carbocycles. The number of rotatable bonds is 5. The molecule has 0 bridgehead atoms. The molecule has 2 saturated heterocycles. The molecule has 5 rings (SSSR count). The Kier molecular flexibility index (Phi) is 8.34. The highest BCUT2D eigenvalue weighted by Gasteiger charge is 2.25. The summed E-state index contributed by atoms with van der Waals surface area (Å²) < 4.78 is 18.3. The number of imidazole rings is 1. The molecule has 1 atom stereocenters. The number of carbonyl (C=O) groups is 1. The number of methoxy groups -OCH3 is 1. The number of nitrogens with zero attached hydrogens (tertiary/aromatic N) is 3. The molecule has 0 saturated carbocycles. The van der Waals surface area contributed by atoms with Gasteiger partial charge in [0.25, 0.3) is 0 Å². The van der Waals surface area contributed by atoms with E-state index in [-0.39, 0.29) is 5.92 Å². The SMILES string of the molecule is CNC1CCS(=O)CC1.COc1cccc(-c2nc(C3CCCN(C=O)C3)n3ccccc23)c1. The number of hydrogen-bond acceptors (Lipinski definition) is 5. The highest BCUT2D eigenvalue weighted by molar-refractivity contribution is 7.85. The Morgan fingerprint density at radius 1 is 1.15 bits per heavy atom. The molecule has 34 heavy (non-hydrogen) atoms. The zero-order valence-corrected chi connectivity index (χ0v) is 20.8. The minimum absolute atomic E-state index is 0.258. The lowest BCUT2D eigenvalue weighted by Crippen LogP contribution is -2.33. The zero-order valence-electron chi connectivity index (χ0n) is 20.0. The molecule has 8 heteroatoms. The molecule has 0 radical (unpaired) electrons. The van der Waals surface area contributed by atoms with Gasteiger partial charge in [-0.2, -0.15) is 0 Å². The first kappa shape index (κ1) is 24.4. The summed E-state index contributed by atoms with van der Waals surface area (Å²) >= 11 is 0. The molecule has 4 heterocycles. The highest BCUT2D eigenvalue weighted by atomic mass is 32.2. The van der Waals surface area contributed by atoms with Crippen LogP contribution in [-0.2, 0) is 15.6 Å². The molecule has 1 unspecified atom stereocenters. The Morgan fingerprint density at radius 3 is 2.71 bits per heavy atom. The lowest BCUT2D eigenvalue weighted by molar-refractivity contribution is -0.119. The molecular weight excluding hydrogens is 448 g/mol. The Balaban J connectivity index is 0.000000257. The Morgan fingerprint density at radius 2 is 1.97 bits per heavy atom. The van der Waals surface area contributed by atoms with Crippen molar-refractivity contribution in [3.05, 3.63) is 54.5 Å². The smallest absolute Gasteiger partial charge is 0.209 e. The Bertz CT molecular complexity index is 1120. The molecule has 0 spiro atoms. The van der Waals surface area contributed by atoms with Crippen molar-refractivity contribution in [2.45, 2.75) is 37.6 Å². The second kappa shape index (κ2) is 11.6. The molecule has 2 fully saturated rings. The molecule has 7 nitrogen and oxygen atoms in total. The number of nitrogens with one attached hydrogen (secondary N) is 1. The maximum absolute atomic E-state index is 11.2. The van der Waals surface area contributed by atoms with Crippen molar-refractivity contribution in [3.8, 4) is 17.0 Å². The zero-order chi connectivity index (χ0) is 23.9. The van der Waals surface area contributed by atoms with Crippen LogP contribution >= 0.6 is 0 Å². The summed E-state index contributed by atoms with van der Waals surface area (Å²) in [4.78, 5) is 18.0. The van der Waals surface area contributed by atoms with Crippen molar-refractivity contribution in [3.63, 3.8) is 0 Å². The number of pyridine rings is 1. The molecule has 3 aromatic rings. The first-order chi connectivity index (χ1) is 16.6. The summed E-state index contributed by atoms with van der Waals surface area (Å²) in [5.74, 6) is 3.89. The lowest BCUT2D eigenvalue weighted by atomic mass is 9.97. The van der Waals surface area contributed by atoms with E-state index >= 15 is 0 Å². The second-order valence-corrected chi connectivity index (χ2v) is 10.6. The van der Waals surface area contributed by atoms with Crippen molar-refractivity contribution >= 4 is 22.7 Å². The molecule has 2 aromatic heterocycles. The summed E-state index contributed by atoms with van der Waals surface area (Å²) in [6.45, 7) is 1.57. The highest BCUT2D eigenvalue weighted by Crippen LogP contribution is 2.32. The Hall–Kier alpha value is -2.71. The normalized spacial score (nSPS) is 22.6. The van der Waals surface area contributed by atoms with Gasteiger partial charge in [-0.1, -0.05) is 18.2 Å². The fourth-order valence-corrected chi connectivity index (χ4v) is 6.03. The van der Waals surface area contributed by atoms with Crippen LogP contribution in [0.4, 0.5) is 0 Å². The van der Waals surface area contributed by atoms with Gasteiger partial charge < -0.3 is 19.4 Å². The maximum atomic E-state index is 11.2. The van der Waals surface area contributed by atoms with Gasteiger partial charge in [0.05, 0.1) is 18.3 Å². The van der Waals surface area contributed by atoms with E-state index in [4.69, 9.17) is 9.72 Å². The van der Waals surface area contributed by atoms with Crippen LogP contribution in [-0.4, -0.2) is 69.7 Å². The first-order valence-corrected chi connectivity index (χ1v) is 13.4. The average molecular weight is 483 g/mol. The van der Waals surface area contributed by atoms with Gasteiger partial charge >= 0.3 is 0 Å². The molecule has 2 aliphatic rings. The largest absolute Gasteiger partial charge is 0.497 e. The summed E-state index contributed by atoms with van der Waals surface area (Å²) in [5, 5.41) is 3.19. The van der Waals surface area contributed by atoms with Gasteiger partial charge in [0, 0.05) is 59.1 Å². The average Bonchev–Trinajstić information content (AvgIpc) is 3.29. The number of amides is 1. The minimum Gasteiger partial charge on any atom is -0.497 e. The number of ether oxygens (including phenoxy) is 1. The van der Waals surface area contributed by atoms with Gasteiger partial charge in [-0.3, -0.25) is 9.00 Å². The predicted octanol–water partition coefficient (Wildman–Crippen LogP) is 3.46. The standard InChI is InChI=1S/C20H21N3O2.C6H13NOS/c1-25-17-8-4-6-15(12-17)19-18-9-2-3-11-23(18)20(21-19)16-7-5-10-22(13-16)14-24;1-7-6-2-4-9(8)5-3-6/h2-4,6,8-9,11-12,14,16H,5,7,10,13H2,1H3;6-7H,2-5H2,1H3. The van der Waals surface area contributed by atoms with E-state index in [1.807, 2.05) is 42.3 Å². The van der Waals surface area contributed by atoms with E-state index in [1.165, 1.54) is 0 Å². The van der Waals surface area contributed by atoms with E-state index in [0.29, 0.717) is 6.04 Å². The summed E-state index contributed by atoms with van der Waals surface area (Å²) in [5.41, 5.74) is 3.07. The van der Waals surface area contributed by atoms with Gasteiger partial charge in [-0.15, -0.1) is 0 Å². The van der Waals surface area contributed by atoms with Gasteiger partial charge in [0.15, 0.2) is 0 Å². The first-order valence-electron chi connectivity index (χ1n) is 12.0. The number of benzene rings is 1. The van der Waals surface area contributed by atoms with Crippen LogP contribution in [0.3, 0.4) is 0 Å². The molecule has 1 aromatic carbocycles. The van der Waals surface area contributed by atoms with Gasteiger partial charge in [-0.25, -0.2) is 4.98 Å². The maximum Gasteiger partial charge on any atom is 0.209 e. The van der Waals surface area contributed by atoms with Crippen LogP contribution in [0, 0.1) is 0 Å². The number of fused-ring (bicyclic) bond motifs is 1.